The summed E-state index contributed by atoms with van der Waals surface area (Å²) in [7, 11) is 0. The minimum absolute atomic E-state index is 0.0343. The molecule has 0 saturated heterocycles. The molecule has 0 aliphatic rings. The van der Waals surface area contributed by atoms with Crippen molar-refractivity contribution in [1.29, 1.82) is 0 Å². The van der Waals surface area contributed by atoms with Crippen molar-refractivity contribution >= 4 is 23.2 Å². The molecule has 0 spiro atoms. The second kappa shape index (κ2) is 17.5. The number of hydrogen-bond acceptors (Lipinski definition) is 8. The van der Waals surface area contributed by atoms with Gasteiger partial charge in [-0.1, -0.05) is 24.6 Å². The van der Waals surface area contributed by atoms with Gasteiger partial charge in [0.25, 0.3) is 0 Å². The van der Waals surface area contributed by atoms with Crippen molar-refractivity contribution in [2.24, 2.45) is 0 Å². The lowest BCUT2D eigenvalue weighted by Crippen LogP contribution is -2.11. The fraction of sp³-hybridized carbons (Fsp3) is 0.189. The van der Waals surface area contributed by atoms with Crippen molar-refractivity contribution in [3.8, 4) is 22.8 Å². The van der Waals surface area contributed by atoms with Crippen molar-refractivity contribution < 1.29 is 22.0 Å². The Hall–Kier alpha value is -5.96. The number of nitrogens with zero attached hydrogens (tertiary/aromatic N) is 4. The van der Waals surface area contributed by atoms with Crippen molar-refractivity contribution in [3.63, 3.8) is 0 Å². The van der Waals surface area contributed by atoms with Gasteiger partial charge in [-0.25, -0.2) is 41.9 Å². The number of nitrogens with one attached hydrogen (secondary N) is 4. The first kappa shape index (κ1) is 38.3. The number of pyridine rings is 2. The molecule has 0 radical (unpaired) electrons. The summed E-state index contributed by atoms with van der Waals surface area (Å²) in [6.07, 6.45) is 5.05. The van der Waals surface area contributed by atoms with E-state index in [4.69, 9.17) is 11.6 Å². The fourth-order valence-corrected chi connectivity index (χ4v) is 5.12. The van der Waals surface area contributed by atoms with E-state index in [1.165, 1.54) is 12.1 Å². The average molecular weight is 751 g/mol. The molecule has 0 fully saturated rings. The molecule has 2 aromatic carbocycles. The predicted octanol–water partition coefficient (Wildman–Crippen LogP) is 7.19. The molecule has 6 rings (SSSR count). The van der Waals surface area contributed by atoms with Crippen LogP contribution < -0.4 is 21.8 Å². The summed E-state index contributed by atoms with van der Waals surface area (Å²) in [5, 5.41) is 5.92. The van der Waals surface area contributed by atoms with Gasteiger partial charge in [-0.15, -0.1) is 0 Å². The van der Waals surface area contributed by atoms with Gasteiger partial charge in [-0.2, -0.15) is 0 Å². The molecule has 0 aliphatic heterocycles. The summed E-state index contributed by atoms with van der Waals surface area (Å²) in [5.74, 6) is -3.82. The van der Waals surface area contributed by atoms with Crippen LogP contribution in [0.2, 0.25) is 5.02 Å². The van der Waals surface area contributed by atoms with Gasteiger partial charge < -0.3 is 20.6 Å². The van der Waals surface area contributed by atoms with Crippen LogP contribution in [0.15, 0.2) is 82.6 Å². The zero-order valence-corrected chi connectivity index (χ0v) is 29.1. The number of halogens is 6. The van der Waals surface area contributed by atoms with Crippen LogP contribution in [0, 0.1) is 36.0 Å². The third kappa shape index (κ3) is 10.5. The van der Waals surface area contributed by atoms with Gasteiger partial charge in [0, 0.05) is 67.2 Å². The summed E-state index contributed by atoms with van der Waals surface area (Å²) in [5.41, 5.74) is 2.44. The molecule has 274 valence electrons. The minimum atomic E-state index is -1.27. The highest BCUT2D eigenvalue weighted by molar-refractivity contribution is 6.30. The molecular weight excluding hydrogens is 719 g/mol. The van der Waals surface area contributed by atoms with Crippen LogP contribution in [0.5, 0.6) is 0 Å². The van der Waals surface area contributed by atoms with Crippen LogP contribution in [0.4, 0.5) is 33.6 Å². The summed E-state index contributed by atoms with van der Waals surface area (Å²) in [6, 6.07) is 13.0. The Morgan fingerprint density at radius 3 is 1.92 bits per heavy atom. The summed E-state index contributed by atoms with van der Waals surface area (Å²) in [4.78, 5) is 44.3. The van der Waals surface area contributed by atoms with Crippen LogP contribution >= 0.6 is 11.6 Å². The quantitative estimate of drug-likeness (QED) is 0.0806. The number of H-pyrrole nitrogens is 2. The van der Waals surface area contributed by atoms with Gasteiger partial charge in [0.15, 0.2) is 23.3 Å². The first-order valence-corrected chi connectivity index (χ1v) is 16.6. The summed E-state index contributed by atoms with van der Waals surface area (Å²) >= 11 is 5.61. The molecule has 0 bridgehead atoms. The predicted molar refractivity (Wildman–Crippen MR) is 192 cm³/mol. The molecule has 53 heavy (non-hydrogen) atoms. The monoisotopic (exact) mass is 750 g/mol. The van der Waals surface area contributed by atoms with Gasteiger partial charge in [0.1, 0.15) is 29.1 Å². The maximum Gasteiger partial charge on any atom is 0.248 e. The van der Waals surface area contributed by atoms with Crippen molar-refractivity contribution in [2.45, 2.75) is 33.1 Å². The number of anilines is 2. The Labute approximate surface area is 304 Å². The number of aromatic amines is 2. The Kier molecular flexibility index (Phi) is 12.6. The molecule has 0 amide bonds. The lowest BCUT2D eigenvalue weighted by molar-refractivity contribution is 0.496. The van der Waals surface area contributed by atoms with Crippen LogP contribution in [-0.2, 0) is 19.3 Å². The second-order valence-electron chi connectivity index (χ2n) is 11.6. The Morgan fingerprint density at radius 1 is 0.642 bits per heavy atom. The van der Waals surface area contributed by atoms with Gasteiger partial charge in [-0.05, 0) is 61.6 Å². The molecule has 10 nitrogen and oxygen atoms in total. The Morgan fingerprint density at radius 2 is 1.26 bits per heavy atom. The molecule has 6 aromatic rings. The summed E-state index contributed by atoms with van der Waals surface area (Å²) in [6.45, 7) is 4.61. The average Bonchev–Trinajstić information content (AvgIpc) is 3.12. The first-order chi connectivity index (χ1) is 25.4. The number of aromatic nitrogens is 6. The van der Waals surface area contributed by atoms with Crippen molar-refractivity contribution in [3.05, 3.63) is 150 Å². The molecule has 4 heterocycles. The largest absolute Gasteiger partial charge is 0.370 e. The van der Waals surface area contributed by atoms with E-state index in [1.54, 1.807) is 37.5 Å². The van der Waals surface area contributed by atoms with Crippen LogP contribution in [0.1, 0.15) is 29.4 Å². The third-order valence-corrected chi connectivity index (χ3v) is 7.91. The number of hydrogen-bond donors (Lipinski definition) is 4. The van der Waals surface area contributed by atoms with Gasteiger partial charge >= 0.3 is 0 Å². The van der Waals surface area contributed by atoms with Crippen LogP contribution in [0.3, 0.4) is 0 Å². The molecule has 0 atom stereocenters. The van der Waals surface area contributed by atoms with E-state index < -0.39 is 29.1 Å². The van der Waals surface area contributed by atoms with Gasteiger partial charge in [0.2, 0.25) is 11.1 Å². The zero-order chi connectivity index (χ0) is 38.1. The topological polar surface area (TPSA) is 141 Å². The molecule has 4 aromatic heterocycles. The maximum atomic E-state index is 14.2. The second-order valence-corrected chi connectivity index (χ2v) is 12.0. The van der Waals surface area contributed by atoms with E-state index in [0.29, 0.717) is 61.4 Å². The van der Waals surface area contributed by atoms with Crippen LogP contribution in [-0.4, -0.2) is 43.0 Å². The fourth-order valence-electron chi connectivity index (χ4n) is 4.97. The van der Waals surface area contributed by atoms with Gasteiger partial charge in [-0.3, -0.25) is 9.59 Å². The number of benzene rings is 2. The highest BCUT2D eigenvalue weighted by Gasteiger charge is 2.16. The Bertz CT molecular complexity index is 2330. The SMILES string of the molecule is CCc1cc(NCCc2cc[nH]c(=O)c2)nc(-c2cc(F)c(Cl)cc2F)n1.Cc1cc(NCCc2ccc(=O)[nH]c2)nc(-c2cc(F)c(F)cc2F)n1. The van der Waals surface area contributed by atoms with Gasteiger partial charge in [0.05, 0.1) is 16.1 Å². The molecule has 4 N–H and O–H groups in total. The smallest absolute Gasteiger partial charge is 0.248 e. The number of aryl methyl sites for hydroxylation is 2. The third-order valence-electron chi connectivity index (χ3n) is 7.63. The molecule has 16 heteroatoms. The zero-order valence-electron chi connectivity index (χ0n) is 28.3. The van der Waals surface area contributed by atoms with Crippen molar-refractivity contribution in [2.75, 3.05) is 23.7 Å². The number of rotatable bonds is 11. The Balaban J connectivity index is 0.000000204. The first-order valence-electron chi connectivity index (χ1n) is 16.2. The summed E-state index contributed by atoms with van der Waals surface area (Å²) < 4.78 is 68.4. The normalized spacial score (nSPS) is 10.8. The standard InChI is InChI=1S/C19H17ClF2N4O.C18H15F3N4O/c1-2-12-8-17(23-5-3-11-4-6-24-18(27)7-11)26-19(25-12)13-9-16(22)14(20)10-15(13)21;1-10-6-16(22-5-4-11-2-3-17(26)23-9-11)25-18(24-10)12-7-14(20)15(21)8-13(12)19/h4,6-10H,2-3,5H2,1H3,(H,24,27)(H,23,25,26);2-3,6-9H,4-5H2,1H3,(H,23,26)(H,22,24,25). The van der Waals surface area contributed by atoms with E-state index >= 15 is 0 Å². The van der Waals surface area contributed by atoms with E-state index in [9.17, 15) is 31.5 Å². The van der Waals surface area contributed by atoms with E-state index in [-0.39, 0.29) is 38.9 Å². The lowest BCUT2D eigenvalue weighted by atomic mass is 10.1. The highest BCUT2D eigenvalue weighted by Crippen LogP contribution is 2.27. The molecule has 0 aliphatic carbocycles. The van der Waals surface area contributed by atoms with E-state index in [0.717, 1.165) is 29.3 Å². The minimum Gasteiger partial charge on any atom is -0.370 e. The van der Waals surface area contributed by atoms with Crippen LogP contribution in [0.25, 0.3) is 22.8 Å². The highest BCUT2D eigenvalue weighted by atomic mass is 35.5. The van der Waals surface area contributed by atoms with E-state index in [1.807, 2.05) is 13.0 Å². The van der Waals surface area contributed by atoms with E-state index in [2.05, 4.69) is 40.5 Å². The van der Waals surface area contributed by atoms with Crippen molar-refractivity contribution in [1.82, 2.24) is 29.9 Å². The molecule has 0 saturated carbocycles. The molecular formula is C37H32ClF5N8O2. The molecule has 0 unspecified atom stereocenters. The lowest BCUT2D eigenvalue weighted by Gasteiger charge is -2.10. The maximum absolute atomic E-state index is 14.2.